The molecule has 2 atom stereocenters. The third kappa shape index (κ3) is 7.46. The fraction of sp³-hybridized carbons (Fsp3) is 0.424. The number of morpholine rings is 1. The van der Waals surface area contributed by atoms with Gasteiger partial charge in [-0.3, -0.25) is 4.79 Å². The molecular formula is C33H41N3O7S. The molecule has 2 saturated heterocycles. The van der Waals surface area contributed by atoms with Crippen LogP contribution in [0.5, 0.6) is 11.5 Å². The molecule has 3 aromatic carbocycles. The summed E-state index contributed by atoms with van der Waals surface area (Å²) in [7, 11) is -3.33. The van der Waals surface area contributed by atoms with Crippen LogP contribution in [0.3, 0.4) is 0 Å². The number of carbonyl (C=O) groups excluding carboxylic acids is 1. The summed E-state index contributed by atoms with van der Waals surface area (Å²) in [5.74, 6) is 1.16. The lowest BCUT2D eigenvalue weighted by atomic mass is 10.1. The zero-order valence-corrected chi connectivity index (χ0v) is 26.1. The van der Waals surface area contributed by atoms with Crippen LogP contribution in [-0.4, -0.2) is 83.9 Å². The van der Waals surface area contributed by atoms with Gasteiger partial charge in [0, 0.05) is 49.1 Å². The van der Waals surface area contributed by atoms with Crippen molar-refractivity contribution in [1.29, 1.82) is 0 Å². The lowest BCUT2D eigenvalue weighted by molar-refractivity contribution is 0.0916. The summed E-state index contributed by atoms with van der Waals surface area (Å²) in [4.78, 5) is 17.7. The van der Waals surface area contributed by atoms with Gasteiger partial charge in [-0.2, -0.15) is 0 Å². The molecule has 2 N–H and O–H groups in total. The molecule has 2 heterocycles. The number of anilines is 2. The molecule has 1 unspecified atom stereocenters. The van der Waals surface area contributed by atoms with Gasteiger partial charge in [-0.25, -0.2) is 8.42 Å². The minimum atomic E-state index is -3.33. The Labute approximate surface area is 259 Å². The van der Waals surface area contributed by atoms with E-state index < -0.39 is 15.9 Å². The first-order valence-electron chi connectivity index (χ1n) is 15.2. The van der Waals surface area contributed by atoms with Gasteiger partial charge in [0.2, 0.25) is 0 Å². The van der Waals surface area contributed by atoms with Crippen molar-refractivity contribution in [3.8, 4) is 11.5 Å². The summed E-state index contributed by atoms with van der Waals surface area (Å²) >= 11 is 0. The maximum Gasteiger partial charge on any atom is 0.251 e. The Bertz CT molecular complexity index is 1510. The molecule has 2 aliphatic heterocycles. The number of carbonyl (C=O) groups is 1. The molecule has 11 heteroatoms. The molecule has 2 fully saturated rings. The van der Waals surface area contributed by atoms with Crippen LogP contribution in [0.15, 0.2) is 71.6 Å². The first-order chi connectivity index (χ1) is 21.3. The van der Waals surface area contributed by atoms with E-state index in [0.717, 1.165) is 62.1 Å². The van der Waals surface area contributed by atoms with Gasteiger partial charge in [-0.1, -0.05) is 19.1 Å². The van der Waals surface area contributed by atoms with Gasteiger partial charge < -0.3 is 34.4 Å². The molecule has 0 aliphatic carbocycles. The molecule has 10 nitrogen and oxygen atoms in total. The highest BCUT2D eigenvalue weighted by Gasteiger charge is 2.26. The largest absolute Gasteiger partial charge is 0.490 e. The Hall–Kier alpha value is -3.80. The number of benzene rings is 3. The second-order valence-corrected chi connectivity index (χ2v) is 13.1. The Morgan fingerprint density at radius 2 is 1.66 bits per heavy atom. The second-order valence-electron chi connectivity index (χ2n) is 10.9. The smallest absolute Gasteiger partial charge is 0.251 e. The van der Waals surface area contributed by atoms with Gasteiger partial charge in [0.1, 0.15) is 6.10 Å². The van der Waals surface area contributed by atoms with Crippen LogP contribution in [0.4, 0.5) is 11.4 Å². The van der Waals surface area contributed by atoms with E-state index in [2.05, 4.69) is 21.2 Å². The second kappa shape index (κ2) is 14.3. The maximum atomic E-state index is 13.0. The number of amides is 1. The highest BCUT2D eigenvalue weighted by molar-refractivity contribution is 7.91. The fourth-order valence-corrected chi connectivity index (χ4v) is 6.38. The van der Waals surface area contributed by atoms with Crippen molar-refractivity contribution in [2.24, 2.45) is 0 Å². The molecule has 5 rings (SSSR count). The summed E-state index contributed by atoms with van der Waals surface area (Å²) in [5, 5.41) is 12.8. The number of aliphatic hydroxyl groups excluding tert-OH is 1. The molecule has 1 amide bonds. The SMILES string of the molecule is CCOc1cc(N2CCOCC2)ccc1OC1CCN(c2ccc(C(=O)N[C@@H](CO)c3ccc(S(=O)(=O)CC)cc3)cc2)C1. The average Bonchev–Trinajstić information content (AvgIpc) is 3.53. The minimum Gasteiger partial charge on any atom is -0.490 e. The number of ether oxygens (including phenoxy) is 3. The van der Waals surface area contributed by atoms with Crippen LogP contribution in [0.2, 0.25) is 0 Å². The van der Waals surface area contributed by atoms with Gasteiger partial charge in [0.25, 0.3) is 5.91 Å². The van der Waals surface area contributed by atoms with Crippen molar-refractivity contribution in [3.63, 3.8) is 0 Å². The van der Waals surface area contributed by atoms with Crippen LogP contribution in [0.1, 0.15) is 42.2 Å². The Morgan fingerprint density at radius 3 is 2.32 bits per heavy atom. The summed E-state index contributed by atoms with van der Waals surface area (Å²) in [6.07, 6.45) is 0.852. The van der Waals surface area contributed by atoms with Gasteiger partial charge in [0.15, 0.2) is 21.3 Å². The molecule has 3 aromatic rings. The summed E-state index contributed by atoms with van der Waals surface area (Å²) in [6, 6.07) is 19.1. The molecule has 0 radical (unpaired) electrons. The Morgan fingerprint density at radius 1 is 0.955 bits per heavy atom. The van der Waals surface area contributed by atoms with Crippen LogP contribution in [-0.2, 0) is 14.6 Å². The van der Waals surface area contributed by atoms with Crippen molar-refractivity contribution in [1.82, 2.24) is 5.32 Å². The average molecular weight is 624 g/mol. The first-order valence-corrected chi connectivity index (χ1v) is 16.8. The zero-order chi connectivity index (χ0) is 31.1. The van der Waals surface area contributed by atoms with Crippen LogP contribution < -0.4 is 24.6 Å². The number of nitrogens with zero attached hydrogens (tertiary/aromatic N) is 2. The van der Waals surface area contributed by atoms with Crippen molar-refractivity contribution in [3.05, 3.63) is 77.9 Å². The van der Waals surface area contributed by atoms with Crippen molar-refractivity contribution in [2.45, 2.75) is 37.3 Å². The van der Waals surface area contributed by atoms with Crippen molar-refractivity contribution < 1.29 is 32.5 Å². The van der Waals surface area contributed by atoms with E-state index in [9.17, 15) is 18.3 Å². The topological polar surface area (TPSA) is 118 Å². The predicted octanol–water partition coefficient (Wildman–Crippen LogP) is 3.84. The molecule has 236 valence electrons. The molecule has 2 aliphatic rings. The van der Waals surface area contributed by atoms with E-state index in [1.54, 1.807) is 31.2 Å². The number of rotatable bonds is 12. The fourth-order valence-electron chi connectivity index (χ4n) is 5.49. The van der Waals surface area contributed by atoms with Crippen LogP contribution >= 0.6 is 0 Å². The number of hydrogen-bond donors (Lipinski definition) is 2. The molecule has 44 heavy (non-hydrogen) atoms. The summed E-state index contributed by atoms with van der Waals surface area (Å²) < 4.78 is 42.0. The molecule has 0 spiro atoms. The molecular weight excluding hydrogens is 582 g/mol. The van der Waals surface area contributed by atoms with E-state index in [-0.39, 0.29) is 29.3 Å². The van der Waals surface area contributed by atoms with Crippen LogP contribution in [0, 0.1) is 0 Å². The van der Waals surface area contributed by atoms with E-state index in [1.807, 2.05) is 31.2 Å². The van der Waals surface area contributed by atoms with Crippen molar-refractivity contribution >= 4 is 27.1 Å². The van der Waals surface area contributed by atoms with E-state index in [4.69, 9.17) is 14.2 Å². The quantitative estimate of drug-likeness (QED) is 0.310. The normalized spacial score (nSPS) is 17.8. The lowest BCUT2D eigenvalue weighted by Gasteiger charge is -2.29. The highest BCUT2D eigenvalue weighted by atomic mass is 32.2. The Kier molecular flexibility index (Phi) is 10.3. The van der Waals surface area contributed by atoms with Gasteiger partial charge in [-0.05, 0) is 61.0 Å². The molecule has 0 saturated carbocycles. The summed E-state index contributed by atoms with van der Waals surface area (Å²) in [5.41, 5.74) is 3.18. The standard InChI is InChI=1S/C33H41N3O7S/c1-3-42-32-21-27(35-17-19-41-20-18-35)11-14-31(32)43-28-15-16-36(22-28)26-9-5-25(6-10-26)33(38)34-30(23-37)24-7-12-29(13-8-24)44(39,40)4-2/h5-14,21,28,30,37H,3-4,15-20,22-23H2,1-2H3,(H,34,38)/t28?,30-/m0/s1. The van der Waals surface area contributed by atoms with Gasteiger partial charge in [0.05, 0.1) is 49.7 Å². The monoisotopic (exact) mass is 623 g/mol. The van der Waals surface area contributed by atoms with E-state index in [1.165, 1.54) is 12.1 Å². The van der Waals surface area contributed by atoms with E-state index in [0.29, 0.717) is 24.3 Å². The molecule has 0 bridgehead atoms. The Balaban J connectivity index is 1.18. The van der Waals surface area contributed by atoms with Gasteiger partial charge >= 0.3 is 0 Å². The minimum absolute atomic E-state index is 0.00423. The number of nitrogens with one attached hydrogen (secondary N) is 1. The zero-order valence-electron chi connectivity index (χ0n) is 25.3. The van der Waals surface area contributed by atoms with E-state index >= 15 is 0 Å². The first kappa shape index (κ1) is 31.6. The van der Waals surface area contributed by atoms with Crippen molar-refractivity contribution in [2.75, 3.05) is 68.2 Å². The third-order valence-electron chi connectivity index (χ3n) is 8.05. The van der Waals surface area contributed by atoms with Crippen LogP contribution in [0.25, 0.3) is 0 Å². The van der Waals surface area contributed by atoms with Gasteiger partial charge in [-0.15, -0.1) is 0 Å². The number of aliphatic hydroxyl groups is 1. The number of hydrogen-bond acceptors (Lipinski definition) is 9. The number of sulfone groups is 1. The lowest BCUT2D eigenvalue weighted by Crippen LogP contribution is -2.36. The molecule has 0 aromatic heterocycles. The third-order valence-corrected chi connectivity index (χ3v) is 9.80. The summed E-state index contributed by atoms with van der Waals surface area (Å²) in [6.45, 7) is 8.47. The maximum absolute atomic E-state index is 13.0. The predicted molar refractivity (Wildman–Crippen MR) is 170 cm³/mol. The highest BCUT2D eigenvalue weighted by Crippen LogP contribution is 2.35.